The Morgan fingerprint density at radius 2 is 2.21 bits per heavy atom. The van der Waals surface area contributed by atoms with Crippen LogP contribution in [0.25, 0.3) is 0 Å². The summed E-state index contributed by atoms with van der Waals surface area (Å²) in [5.41, 5.74) is 1.12. The minimum atomic E-state index is -0.00439. The van der Waals surface area contributed by atoms with Crippen LogP contribution in [0.4, 0.5) is 0 Å². The molecule has 1 aliphatic heterocycles. The van der Waals surface area contributed by atoms with E-state index in [9.17, 15) is 4.79 Å². The first-order valence-corrected chi connectivity index (χ1v) is 7.91. The van der Waals surface area contributed by atoms with Crippen LogP contribution in [-0.4, -0.2) is 23.9 Å². The zero-order valence-corrected chi connectivity index (χ0v) is 12.7. The van der Waals surface area contributed by atoms with Gasteiger partial charge in [0.2, 0.25) is 5.91 Å². The summed E-state index contributed by atoms with van der Waals surface area (Å²) in [5, 5.41) is 3.84. The third kappa shape index (κ3) is 3.57. The van der Waals surface area contributed by atoms with E-state index < -0.39 is 0 Å². The number of nitrogens with one attached hydrogen (secondary N) is 1. The summed E-state index contributed by atoms with van der Waals surface area (Å²) in [7, 11) is 0. The first-order valence-electron chi connectivity index (χ1n) is 6.79. The SMILES string of the molecule is CCC1OCCC1C(=O)NC(CBr)c1ccccc1. The van der Waals surface area contributed by atoms with Gasteiger partial charge < -0.3 is 10.1 Å². The molecule has 1 saturated heterocycles. The number of ether oxygens (including phenoxy) is 1. The van der Waals surface area contributed by atoms with E-state index in [1.165, 1.54) is 0 Å². The van der Waals surface area contributed by atoms with E-state index in [-0.39, 0.29) is 24.0 Å². The zero-order chi connectivity index (χ0) is 13.7. The van der Waals surface area contributed by atoms with Crippen LogP contribution in [0, 0.1) is 5.92 Å². The van der Waals surface area contributed by atoms with E-state index in [4.69, 9.17) is 4.74 Å². The van der Waals surface area contributed by atoms with Gasteiger partial charge in [-0.15, -0.1) is 0 Å². The van der Waals surface area contributed by atoms with Crippen molar-refractivity contribution < 1.29 is 9.53 Å². The third-order valence-corrected chi connectivity index (χ3v) is 4.27. The molecule has 1 N–H and O–H groups in total. The lowest BCUT2D eigenvalue weighted by Gasteiger charge is -2.21. The Morgan fingerprint density at radius 3 is 2.84 bits per heavy atom. The lowest BCUT2D eigenvalue weighted by Crippen LogP contribution is -2.38. The van der Waals surface area contributed by atoms with Crippen LogP contribution in [0.2, 0.25) is 0 Å². The highest BCUT2D eigenvalue weighted by Gasteiger charge is 2.33. The highest BCUT2D eigenvalue weighted by molar-refractivity contribution is 9.09. The normalized spacial score (nSPS) is 24.1. The lowest BCUT2D eigenvalue weighted by molar-refractivity contribution is -0.127. The highest BCUT2D eigenvalue weighted by atomic mass is 79.9. The minimum absolute atomic E-state index is 0.00439. The number of carbonyl (C=O) groups is 1. The van der Waals surface area contributed by atoms with E-state index >= 15 is 0 Å². The maximum absolute atomic E-state index is 12.3. The van der Waals surface area contributed by atoms with Gasteiger partial charge in [0.25, 0.3) is 0 Å². The molecule has 104 valence electrons. The molecule has 0 aromatic heterocycles. The molecule has 0 spiro atoms. The van der Waals surface area contributed by atoms with Gasteiger partial charge in [0.1, 0.15) is 0 Å². The van der Waals surface area contributed by atoms with Crippen molar-refractivity contribution in [2.45, 2.75) is 31.9 Å². The van der Waals surface area contributed by atoms with Crippen LogP contribution in [0.15, 0.2) is 30.3 Å². The first kappa shape index (κ1) is 14.5. The van der Waals surface area contributed by atoms with E-state index in [2.05, 4.69) is 28.2 Å². The number of amides is 1. The summed E-state index contributed by atoms with van der Waals surface area (Å²) in [6.07, 6.45) is 1.79. The minimum Gasteiger partial charge on any atom is -0.377 e. The summed E-state index contributed by atoms with van der Waals surface area (Å²) >= 11 is 3.48. The van der Waals surface area contributed by atoms with Crippen molar-refractivity contribution in [2.24, 2.45) is 5.92 Å². The summed E-state index contributed by atoms with van der Waals surface area (Å²) in [6, 6.07) is 10.1. The number of rotatable bonds is 5. The average Bonchev–Trinajstić information content (AvgIpc) is 2.94. The van der Waals surface area contributed by atoms with Gasteiger partial charge in [-0.05, 0) is 18.4 Å². The van der Waals surface area contributed by atoms with Gasteiger partial charge in [-0.3, -0.25) is 4.79 Å². The summed E-state index contributed by atoms with van der Waals surface area (Å²) in [4.78, 5) is 12.3. The molecule has 4 heteroatoms. The molecule has 1 aliphatic rings. The number of carbonyl (C=O) groups excluding carboxylic acids is 1. The van der Waals surface area contributed by atoms with E-state index in [1.54, 1.807) is 0 Å². The Balaban J connectivity index is 2.00. The molecule has 1 fully saturated rings. The fourth-order valence-electron chi connectivity index (χ4n) is 2.53. The average molecular weight is 326 g/mol. The second-order valence-electron chi connectivity index (χ2n) is 4.84. The molecule has 1 heterocycles. The van der Waals surface area contributed by atoms with Crippen molar-refractivity contribution in [1.29, 1.82) is 0 Å². The third-order valence-electron chi connectivity index (χ3n) is 3.62. The smallest absolute Gasteiger partial charge is 0.226 e. The van der Waals surface area contributed by atoms with Crippen LogP contribution in [0.1, 0.15) is 31.4 Å². The second kappa shape index (κ2) is 7.06. The summed E-state index contributed by atoms with van der Waals surface area (Å²) in [5.74, 6) is 0.105. The Labute approximate surface area is 122 Å². The summed E-state index contributed by atoms with van der Waals surface area (Å²) in [6.45, 7) is 2.76. The largest absolute Gasteiger partial charge is 0.377 e. The van der Waals surface area contributed by atoms with Gasteiger partial charge in [-0.1, -0.05) is 53.2 Å². The Bertz CT molecular complexity index is 410. The van der Waals surface area contributed by atoms with E-state index in [1.807, 2.05) is 30.3 Å². The van der Waals surface area contributed by atoms with Crippen LogP contribution < -0.4 is 5.32 Å². The molecule has 0 saturated carbocycles. The Kier molecular flexibility index (Phi) is 5.40. The van der Waals surface area contributed by atoms with Crippen molar-refractivity contribution in [1.82, 2.24) is 5.32 Å². The van der Waals surface area contributed by atoms with Crippen molar-refractivity contribution >= 4 is 21.8 Å². The maximum atomic E-state index is 12.3. The molecule has 1 aromatic carbocycles. The lowest BCUT2D eigenvalue weighted by atomic mass is 9.97. The molecular weight excluding hydrogens is 306 g/mol. The van der Waals surface area contributed by atoms with Gasteiger partial charge in [-0.2, -0.15) is 0 Å². The highest BCUT2D eigenvalue weighted by Crippen LogP contribution is 2.25. The maximum Gasteiger partial charge on any atom is 0.226 e. The van der Waals surface area contributed by atoms with Crippen LogP contribution in [0.5, 0.6) is 0 Å². The molecule has 0 radical (unpaired) electrons. The molecule has 0 bridgehead atoms. The standard InChI is InChI=1S/C15H20BrNO2/c1-2-14-12(8-9-19-14)15(18)17-13(10-16)11-6-4-3-5-7-11/h3-7,12-14H,2,8-10H2,1H3,(H,17,18). The zero-order valence-electron chi connectivity index (χ0n) is 11.1. The van der Waals surface area contributed by atoms with Crippen molar-refractivity contribution in [3.63, 3.8) is 0 Å². The van der Waals surface area contributed by atoms with Crippen LogP contribution >= 0.6 is 15.9 Å². The molecule has 1 amide bonds. The van der Waals surface area contributed by atoms with Gasteiger partial charge in [0.15, 0.2) is 0 Å². The van der Waals surface area contributed by atoms with Gasteiger partial charge in [0, 0.05) is 11.9 Å². The second-order valence-corrected chi connectivity index (χ2v) is 5.49. The number of hydrogen-bond acceptors (Lipinski definition) is 2. The van der Waals surface area contributed by atoms with Crippen molar-refractivity contribution in [3.05, 3.63) is 35.9 Å². The van der Waals surface area contributed by atoms with Crippen molar-refractivity contribution in [2.75, 3.05) is 11.9 Å². The van der Waals surface area contributed by atoms with Gasteiger partial charge in [0.05, 0.1) is 18.1 Å². The summed E-state index contributed by atoms with van der Waals surface area (Å²) < 4.78 is 5.58. The van der Waals surface area contributed by atoms with Crippen LogP contribution in [0.3, 0.4) is 0 Å². The quantitative estimate of drug-likeness (QED) is 0.845. The van der Waals surface area contributed by atoms with Gasteiger partial charge >= 0.3 is 0 Å². The van der Waals surface area contributed by atoms with E-state index in [0.717, 1.165) is 18.4 Å². The monoisotopic (exact) mass is 325 g/mol. The molecule has 3 atom stereocenters. The van der Waals surface area contributed by atoms with E-state index in [0.29, 0.717) is 11.9 Å². The Morgan fingerprint density at radius 1 is 1.47 bits per heavy atom. The molecule has 3 unspecified atom stereocenters. The molecule has 1 aromatic rings. The fourth-order valence-corrected chi connectivity index (χ4v) is 3.06. The number of hydrogen-bond donors (Lipinski definition) is 1. The van der Waals surface area contributed by atoms with Crippen LogP contribution in [-0.2, 0) is 9.53 Å². The topological polar surface area (TPSA) is 38.3 Å². The number of halogens is 1. The number of benzene rings is 1. The molecule has 0 aliphatic carbocycles. The molecular formula is C15H20BrNO2. The predicted octanol–water partition coefficient (Wildman–Crippen LogP) is 3.05. The van der Waals surface area contributed by atoms with Gasteiger partial charge in [-0.25, -0.2) is 0 Å². The molecule has 2 rings (SSSR count). The molecule has 3 nitrogen and oxygen atoms in total. The molecule has 19 heavy (non-hydrogen) atoms. The first-order chi connectivity index (χ1) is 9.26. The number of alkyl halides is 1. The predicted molar refractivity (Wildman–Crippen MR) is 79.3 cm³/mol. The van der Waals surface area contributed by atoms with Crippen molar-refractivity contribution in [3.8, 4) is 0 Å². The Hall–Kier alpha value is -0.870. The fraction of sp³-hybridized carbons (Fsp3) is 0.533.